The lowest BCUT2D eigenvalue weighted by Crippen LogP contribution is -2.17. The summed E-state index contributed by atoms with van der Waals surface area (Å²) in [5.41, 5.74) is 3.80. The van der Waals surface area contributed by atoms with Crippen molar-refractivity contribution >= 4 is 28.9 Å². The normalized spacial score (nSPS) is 12.0. The van der Waals surface area contributed by atoms with E-state index in [0.29, 0.717) is 39.7 Å². The summed E-state index contributed by atoms with van der Waals surface area (Å²) in [6.45, 7) is 0.123. The van der Waals surface area contributed by atoms with E-state index in [0.717, 1.165) is 10.8 Å². The van der Waals surface area contributed by atoms with Gasteiger partial charge in [0.05, 0.1) is 18.9 Å². The van der Waals surface area contributed by atoms with Gasteiger partial charge in [0.15, 0.2) is 11.5 Å². The smallest absolute Gasteiger partial charge is 0.343 e. The molecule has 1 aliphatic heterocycles. The lowest BCUT2D eigenvalue weighted by atomic mass is 10.0. The quantitative estimate of drug-likeness (QED) is 0.193. The summed E-state index contributed by atoms with van der Waals surface area (Å²) >= 11 is 0. The van der Waals surface area contributed by atoms with Crippen molar-refractivity contribution in [3.05, 3.63) is 95.6 Å². The number of carbonyl (C=O) groups is 2. The van der Waals surface area contributed by atoms with Gasteiger partial charge in [-0.2, -0.15) is 5.10 Å². The molecule has 0 saturated carbocycles. The van der Waals surface area contributed by atoms with Gasteiger partial charge in [0, 0.05) is 11.1 Å². The molecular formula is C27H20N2O6. The van der Waals surface area contributed by atoms with E-state index in [4.69, 9.17) is 18.9 Å². The fourth-order valence-corrected chi connectivity index (χ4v) is 3.64. The standard InChI is InChI=1S/C27H20N2O6/c1-32-20-10-6-18(7-11-20)27(31)35-23-12-8-17-4-2-3-5-21(17)22(23)15-28-29-26(30)19-9-13-24-25(14-19)34-16-33-24/h2-15H,16H2,1H3,(H,29,30)/b28-15-. The monoisotopic (exact) mass is 468 g/mol. The molecule has 1 amide bonds. The summed E-state index contributed by atoms with van der Waals surface area (Å²) in [6, 6.07) is 22.7. The van der Waals surface area contributed by atoms with Gasteiger partial charge in [-0.3, -0.25) is 4.79 Å². The molecule has 0 aromatic heterocycles. The zero-order valence-corrected chi connectivity index (χ0v) is 18.7. The molecule has 1 N–H and O–H groups in total. The number of rotatable bonds is 6. The molecular weight excluding hydrogens is 448 g/mol. The Morgan fingerprint density at radius 1 is 0.914 bits per heavy atom. The number of nitrogens with zero attached hydrogens (tertiary/aromatic N) is 1. The van der Waals surface area contributed by atoms with E-state index in [-0.39, 0.29) is 6.79 Å². The van der Waals surface area contributed by atoms with Crippen molar-refractivity contribution < 1.29 is 28.5 Å². The van der Waals surface area contributed by atoms with Crippen molar-refractivity contribution in [2.45, 2.75) is 0 Å². The van der Waals surface area contributed by atoms with Crippen LogP contribution >= 0.6 is 0 Å². The van der Waals surface area contributed by atoms with Gasteiger partial charge in [-0.1, -0.05) is 30.3 Å². The molecule has 0 aliphatic carbocycles. The van der Waals surface area contributed by atoms with Crippen molar-refractivity contribution in [1.29, 1.82) is 0 Å². The Morgan fingerprint density at radius 3 is 2.51 bits per heavy atom. The highest BCUT2D eigenvalue weighted by Gasteiger charge is 2.17. The second kappa shape index (κ2) is 9.56. The largest absolute Gasteiger partial charge is 0.497 e. The molecule has 5 rings (SSSR count). The first-order chi connectivity index (χ1) is 17.1. The number of esters is 1. The minimum atomic E-state index is -0.526. The van der Waals surface area contributed by atoms with Crippen molar-refractivity contribution in [1.82, 2.24) is 5.43 Å². The molecule has 1 aliphatic rings. The number of ether oxygens (including phenoxy) is 4. The Morgan fingerprint density at radius 2 is 1.69 bits per heavy atom. The molecule has 4 aromatic carbocycles. The summed E-state index contributed by atoms with van der Waals surface area (Å²) in [4.78, 5) is 25.3. The average molecular weight is 468 g/mol. The van der Waals surface area contributed by atoms with Crippen LogP contribution in [0.25, 0.3) is 10.8 Å². The van der Waals surface area contributed by atoms with Crippen LogP contribution in [0.15, 0.2) is 84.0 Å². The summed E-state index contributed by atoms with van der Waals surface area (Å²) in [6.07, 6.45) is 1.46. The fraction of sp³-hybridized carbons (Fsp3) is 0.0741. The van der Waals surface area contributed by atoms with E-state index in [2.05, 4.69) is 10.5 Å². The number of hydrogen-bond acceptors (Lipinski definition) is 7. The van der Waals surface area contributed by atoms with Crippen LogP contribution in [-0.2, 0) is 0 Å². The van der Waals surface area contributed by atoms with Crippen LogP contribution < -0.4 is 24.4 Å². The van der Waals surface area contributed by atoms with Gasteiger partial charge in [0.1, 0.15) is 11.5 Å². The number of nitrogens with one attached hydrogen (secondary N) is 1. The number of amides is 1. The third kappa shape index (κ3) is 4.63. The maximum Gasteiger partial charge on any atom is 0.343 e. The average Bonchev–Trinajstić information content (AvgIpc) is 3.37. The van der Waals surface area contributed by atoms with E-state index >= 15 is 0 Å². The SMILES string of the molecule is COc1ccc(C(=O)Oc2ccc3ccccc3c2/C=N\NC(=O)c2ccc3c(c2)OCO3)cc1. The van der Waals surface area contributed by atoms with Gasteiger partial charge >= 0.3 is 5.97 Å². The highest BCUT2D eigenvalue weighted by Crippen LogP contribution is 2.32. The van der Waals surface area contributed by atoms with Gasteiger partial charge in [-0.05, 0) is 59.3 Å². The summed E-state index contributed by atoms with van der Waals surface area (Å²) < 4.78 is 21.4. The molecule has 0 fully saturated rings. The summed E-state index contributed by atoms with van der Waals surface area (Å²) in [7, 11) is 1.55. The molecule has 0 radical (unpaired) electrons. The van der Waals surface area contributed by atoms with Crippen LogP contribution in [0, 0.1) is 0 Å². The first-order valence-electron chi connectivity index (χ1n) is 10.7. The van der Waals surface area contributed by atoms with Crippen LogP contribution in [0.3, 0.4) is 0 Å². The van der Waals surface area contributed by atoms with Crippen LogP contribution in [0.2, 0.25) is 0 Å². The van der Waals surface area contributed by atoms with Crippen LogP contribution in [-0.4, -0.2) is 32.0 Å². The van der Waals surface area contributed by atoms with Gasteiger partial charge < -0.3 is 18.9 Å². The van der Waals surface area contributed by atoms with Gasteiger partial charge in [0.2, 0.25) is 6.79 Å². The molecule has 0 bridgehead atoms. The topological polar surface area (TPSA) is 95.5 Å². The maximum absolute atomic E-state index is 12.8. The third-order valence-corrected chi connectivity index (χ3v) is 5.45. The number of fused-ring (bicyclic) bond motifs is 2. The second-order valence-corrected chi connectivity index (χ2v) is 7.58. The number of carbonyl (C=O) groups excluding carboxylic acids is 2. The molecule has 174 valence electrons. The first kappa shape index (κ1) is 22.0. The molecule has 4 aromatic rings. The van der Waals surface area contributed by atoms with Gasteiger partial charge in [-0.15, -0.1) is 0 Å². The van der Waals surface area contributed by atoms with Gasteiger partial charge in [0.25, 0.3) is 5.91 Å². The molecule has 1 heterocycles. The van der Waals surface area contributed by atoms with E-state index in [9.17, 15) is 9.59 Å². The maximum atomic E-state index is 12.8. The molecule has 8 heteroatoms. The summed E-state index contributed by atoms with van der Waals surface area (Å²) in [5.74, 6) is 1.09. The molecule has 35 heavy (non-hydrogen) atoms. The zero-order valence-electron chi connectivity index (χ0n) is 18.7. The minimum Gasteiger partial charge on any atom is -0.497 e. The van der Waals surface area contributed by atoms with Crippen molar-refractivity contribution in [2.24, 2.45) is 5.10 Å². The molecule has 0 atom stereocenters. The van der Waals surface area contributed by atoms with Crippen LogP contribution in [0.5, 0.6) is 23.0 Å². The van der Waals surface area contributed by atoms with E-state index < -0.39 is 11.9 Å². The first-order valence-corrected chi connectivity index (χ1v) is 10.7. The molecule has 0 saturated heterocycles. The third-order valence-electron chi connectivity index (χ3n) is 5.45. The lowest BCUT2D eigenvalue weighted by Gasteiger charge is -2.11. The Balaban J connectivity index is 1.39. The Labute approximate surface area is 200 Å². The molecule has 0 unspecified atom stereocenters. The van der Waals surface area contributed by atoms with E-state index in [1.165, 1.54) is 6.21 Å². The fourth-order valence-electron chi connectivity index (χ4n) is 3.64. The van der Waals surface area contributed by atoms with E-state index in [1.54, 1.807) is 55.6 Å². The lowest BCUT2D eigenvalue weighted by molar-refractivity contribution is 0.0734. The predicted molar refractivity (Wildman–Crippen MR) is 130 cm³/mol. The Kier molecular flexibility index (Phi) is 6.00. The predicted octanol–water partition coefficient (Wildman–Crippen LogP) is 4.56. The number of hydrazone groups is 1. The highest BCUT2D eigenvalue weighted by molar-refractivity contribution is 6.04. The van der Waals surface area contributed by atoms with Crippen LogP contribution in [0.4, 0.5) is 0 Å². The summed E-state index contributed by atoms with van der Waals surface area (Å²) in [5, 5.41) is 5.86. The molecule has 8 nitrogen and oxygen atoms in total. The number of hydrogen-bond donors (Lipinski definition) is 1. The Bertz CT molecular complexity index is 1450. The minimum absolute atomic E-state index is 0.123. The number of methoxy groups -OCH3 is 1. The molecule has 0 spiro atoms. The highest BCUT2D eigenvalue weighted by atomic mass is 16.7. The zero-order chi connectivity index (χ0) is 24.2. The second-order valence-electron chi connectivity index (χ2n) is 7.58. The number of benzene rings is 4. The van der Waals surface area contributed by atoms with Crippen molar-refractivity contribution in [3.63, 3.8) is 0 Å². The van der Waals surface area contributed by atoms with Gasteiger partial charge in [-0.25, -0.2) is 10.2 Å². The van der Waals surface area contributed by atoms with Crippen molar-refractivity contribution in [2.75, 3.05) is 13.9 Å². The van der Waals surface area contributed by atoms with Crippen LogP contribution in [0.1, 0.15) is 26.3 Å². The van der Waals surface area contributed by atoms with Crippen molar-refractivity contribution in [3.8, 4) is 23.0 Å². The Hall–Kier alpha value is -4.85. The van der Waals surface area contributed by atoms with E-state index in [1.807, 2.05) is 30.3 Å².